The van der Waals surface area contributed by atoms with Crippen LogP contribution in [0.2, 0.25) is 0 Å². The quantitative estimate of drug-likeness (QED) is 0.516. The molecule has 0 aromatic heterocycles. The molecular formula is C10H14O2. The Morgan fingerprint density at radius 1 is 1.17 bits per heavy atom. The van der Waals surface area contributed by atoms with E-state index >= 15 is 0 Å². The molecule has 0 aromatic carbocycles. The summed E-state index contributed by atoms with van der Waals surface area (Å²) in [5.74, 6) is -0.235. The summed E-state index contributed by atoms with van der Waals surface area (Å²) >= 11 is 0. The summed E-state index contributed by atoms with van der Waals surface area (Å²) in [5.41, 5.74) is 0. The second-order valence-electron chi connectivity index (χ2n) is 2.80. The molecule has 0 unspecified atom stereocenters. The first-order valence-electron chi connectivity index (χ1n) is 4.39. The highest BCUT2D eigenvalue weighted by molar-refractivity contribution is 5.82. The molecule has 12 heavy (non-hydrogen) atoms. The van der Waals surface area contributed by atoms with E-state index in [-0.39, 0.29) is 5.97 Å². The summed E-state index contributed by atoms with van der Waals surface area (Å²) in [7, 11) is 0. The standard InChI is InChI=1S/C10H14O2/c11-10-8-6-4-2-1-3-5-7-9-12-10/h2,4,6,8H,1,3,5,7,9H2. The Labute approximate surface area is 72.9 Å². The van der Waals surface area contributed by atoms with Crippen LogP contribution >= 0.6 is 0 Å². The van der Waals surface area contributed by atoms with Crippen molar-refractivity contribution in [2.75, 3.05) is 6.61 Å². The monoisotopic (exact) mass is 166 g/mol. The summed E-state index contributed by atoms with van der Waals surface area (Å²) in [6.45, 7) is 0.559. The molecule has 0 bridgehead atoms. The zero-order valence-corrected chi connectivity index (χ0v) is 7.16. The molecule has 0 saturated carbocycles. The van der Waals surface area contributed by atoms with Gasteiger partial charge in [-0.05, 0) is 25.7 Å². The summed E-state index contributed by atoms with van der Waals surface area (Å²) in [6.07, 6.45) is 11.6. The van der Waals surface area contributed by atoms with Gasteiger partial charge < -0.3 is 4.74 Å². The Bertz CT molecular complexity index is 192. The summed E-state index contributed by atoms with van der Waals surface area (Å²) in [6, 6.07) is 0. The molecule has 0 fully saturated rings. The lowest BCUT2D eigenvalue weighted by molar-refractivity contribution is -0.137. The van der Waals surface area contributed by atoms with Crippen molar-refractivity contribution in [2.24, 2.45) is 0 Å². The minimum atomic E-state index is -0.235. The van der Waals surface area contributed by atoms with Crippen LogP contribution in [0.3, 0.4) is 0 Å². The second-order valence-corrected chi connectivity index (χ2v) is 2.80. The van der Waals surface area contributed by atoms with Crippen LogP contribution < -0.4 is 0 Å². The van der Waals surface area contributed by atoms with Crippen molar-refractivity contribution in [3.63, 3.8) is 0 Å². The SMILES string of the molecule is O=C1C=CC=CCCCCCO1. The van der Waals surface area contributed by atoms with E-state index in [1.54, 1.807) is 6.08 Å². The van der Waals surface area contributed by atoms with Crippen LogP contribution in [0.15, 0.2) is 24.3 Å². The van der Waals surface area contributed by atoms with Gasteiger partial charge in [0.2, 0.25) is 0 Å². The van der Waals surface area contributed by atoms with Crippen LogP contribution in [0, 0.1) is 0 Å². The molecule has 0 spiro atoms. The van der Waals surface area contributed by atoms with E-state index in [1.807, 2.05) is 6.08 Å². The lowest BCUT2D eigenvalue weighted by Crippen LogP contribution is -2.01. The highest BCUT2D eigenvalue weighted by atomic mass is 16.5. The maximum absolute atomic E-state index is 10.9. The van der Waals surface area contributed by atoms with Crippen molar-refractivity contribution < 1.29 is 9.53 Å². The van der Waals surface area contributed by atoms with E-state index in [2.05, 4.69) is 6.08 Å². The van der Waals surface area contributed by atoms with Crippen molar-refractivity contribution in [2.45, 2.75) is 25.7 Å². The van der Waals surface area contributed by atoms with Gasteiger partial charge in [-0.25, -0.2) is 4.79 Å². The maximum Gasteiger partial charge on any atom is 0.330 e. The van der Waals surface area contributed by atoms with Crippen molar-refractivity contribution in [3.8, 4) is 0 Å². The molecule has 0 radical (unpaired) electrons. The van der Waals surface area contributed by atoms with Gasteiger partial charge in [0.15, 0.2) is 0 Å². The van der Waals surface area contributed by atoms with Crippen LogP contribution in [-0.4, -0.2) is 12.6 Å². The third-order valence-electron chi connectivity index (χ3n) is 1.74. The number of cyclic esters (lactones) is 1. The fourth-order valence-electron chi connectivity index (χ4n) is 1.07. The predicted molar refractivity (Wildman–Crippen MR) is 47.7 cm³/mol. The first kappa shape index (κ1) is 9.04. The zero-order valence-electron chi connectivity index (χ0n) is 7.16. The van der Waals surface area contributed by atoms with Crippen LogP contribution in [0.5, 0.6) is 0 Å². The third-order valence-corrected chi connectivity index (χ3v) is 1.74. The molecule has 0 N–H and O–H groups in total. The lowest BCUT2D eigenvalue weighted by atomic mass is 10.2. The Balaban J connectivity index is 2.40. The normalized spacial score (nSPS) is 19.8. The van der Waals surface area contributed by atoms with E-state index < -0.39 is 0 Å². The van der Waals surface area contributed by atoms with Crippen LogP contribution in [-0.2, 0) is 9.53 Å². The first-order chi connectivity index (χ1) is 5.89. The minimum Gasteiger partial charge on any atom is -0.463 e. The summed E-state index contributed by atoms with van der Waals surface area (Å²) < 4.78 is 4.91. The van der Waals surface area contributed by atoms with Crippen molar-refractivity contribution in [3.05, 3.63) is 24.3 Å². The van der Waals surface area contributed by atoms with Crippen LogP contribution in [0.25, 0.3) is 0 Å². The van der Waals surface area contributed by atoms with Gasteiger partial charge in [-0.2, -0.15) is 0 Å². The number of carbonyl (C=O) groups excluding carboxylic acids is 1. The Kier molecular flexibility index (Phi) is 4.21. The highest BCUT2D eigenvalue weighted by Crippen LogP contribution is 2.02. The van der Waals surface area contributed by atoms with Gasteiger partial charge in [0.1, 0.15) is 0 Å². The maximum atomic E-state index is 10.9. The van der Waals surface area contributed by atoms with Gasteiger partial charge in [0.05, 0.1) is 6.61 Å². The van der Waals surface area contributed by atoms with Crippen LogP contribution in [0.1, 0.15) is 25.7 Å². The second kappa shape index (κ2) is 5.58. The average Bonchev–Trinajstić information content (AvgIpc) is 2.11. The predicted octanol–water partition coefficient (Wildman–Crippen LogP) is 2.22. The fourth-order valence-corrected chi connectivity index (χ4v) is 1.07. The van der Waals surface area contributed by atoms with Crippen molar-refractivity contribution >= 4 is 5.97 Å². The zero-order chi connectivity index (χ0) is 8.65. The number of hydrogen-bond acceptors (Lipinski definition) is 2. The highest BCUT2D eigenvalue weighted by Gasteiger charge is 1.96. The van der Waals surface area contributed by atoms with Gasteiger partial charge in [0, 0.05) is 6.08 Å². The summed E-state index contributed by atoms with van der Waals surface area (Å²) in [4.78, 5) is 10.9. The summed E-state index contributed by atoms with van der Waals surface area (Å²) in [5, 5.41) is 0. The average molecular weight is 166 g/mol. The van der Waals surface area contributed by atoms with E-state index in [0.717, 1.165) is 19.3 Å². The van der Waals surface area contributed by atoms with Gasteiger partial charge in [0.25, 0.3) is 0 Å². The van der Waals surface area contributed by atoms with E-state index in [1.165, 1.54) is 12.5 Å². The molecule has 0 saturated heterocycles. The molecule has 2 nitrogen and oxygen atoms in total. The molecule has 1 aliphatic rings. The number of ether oxygens (including phenoxy) is 1. The third kappa shape index (κ3) is 3.96. The molecule has 0 amide bonds. The van der Waals surface area contributed by atoms with Crippen molar-refractivity contribution in [1.82, 2.24) is 0 Å². The number of hydrogen-bond donors (Lipinski definition) is 0. The molecule has 0 aliphatic carbocycles. The fraction of sp³-hybridized carbons (Fsp3) is 0.500. The lowest BCUT2D eigenvalue weighted by Gasteiger charge is -1.99. The number of rotatable bonds is 0. The smallest absolute Gasteiger partial charge is 0.330 e. The molecule has 0 atom stereocenters. The van der Waals surface area contributed by atoms with Gasteiger partial charge in [-0.15, -0.1) is 0 Å². The molecule has 2 heteroatoms. The van der Waals surface area contributed by atoms with Gasteiger partial charge in [-0.1, -0.05) is 18.2 Å². The number of carbonyl (C=O) groups is 1. The van der Waals surface area contributed by atoms with E-state index in [9.17, 15) is 4.79 Å². The number of allylic oxidation sites excluding steroid dienone is 3. The first-order valence-corrected chi connectivity index (χ1v) is 4.39. The Morgan fingerprint density at radius 2 is 2.08 bits per heavy atom. The van der Waals surface area contributed by atoms with Gasteiger partial charge in [-0.3, -0.25) is 0 Å². The largest absolute Gasteiger partial charge is 0.463 e. The van der Waals surface area contributed by atoms with Crippen LogP contribution in [0.4, 0.5) is 0 Å². The number of esters is 1. The molecule has 1 rings (SSSR count). The Morgan fingerprint density at radius 3 is 3.00 bits per heavy atom. The molecular weight excluding hydrogens is 152 g/mol. The van der Waals surface area contributed by atoms with E-state index in [4.69, 9.17) is 4.74 Å². The minimum absolute atomic E-state index is 0.235. The topological polar surface area (TPSA) is 26.3 Å². The van der Waals surface area contributed by atoms with Crippen molar-refractivity contribution in [1.29, 1.82) is 0 Å². The Hall–Kier alpha value is -1.05. The van der Waals surface area contributed by atoms with Gasteiger partial charge >= 0.3 is 5.97 Å². The molecule has 0 aromatic rings. The van der Waals surface area contributed by atoms with E-state index in [0.29, 0.717) is 6.61 Å². The molecule has 1 aliphatic heterocycles. The molecule has 66 valence electrons. The molecule has 1 heterocycles.